The number of carbonyl (C=O) groups excluding carboxylic acids is 2. The number of halogens is 1. The van der Waals surface area contributed by atoms with Crippen molar-refractivity contribution in [2.45, 2.75) is 38.1 Å². The first-order valence-electron chi connectivity index (χ1n) is 11.6. The minimum atomic E-state index is -4.24. The predicted octanol–water partition coefficient (Wildman–Crippen LogP) is 4.47. The molecule has 7 nitrogen and oxygen atoms in total. The van der Waals surface area contributed by atoms with Crippen LogP contribution in [0.2, 0.25) is 5.02 Å². The molecule has 0 fully saturated rings. The highest BCUT2D eigenvalue weighted by atomic mass is 35.5. The summed E-state index contributed by atoms with van der Waals surface area (Å²) in [5.74, 6) is -1.93. The number of benzene rings is 3. The molecule has 2 atom stereocenters. The lowest BCUT2D eigenvalue weighted by molar-refractivity contribution is -0.129. The number of anilines is 2. The fraction of sp³-hybridized carbons (Fsp3) is 0.259. The number of carbonyl (C=O) groups is 2. The minimum Gasteiger partial charge on any atom is -0.355 e. The van der Waals surface area contributed by atoms with E-state index in [9.17, 15) is 18.0 Å². The van der Waals surface area contributed by atoms with E-state index in [1.165, 1.54) is 6.07 Å². The molecule has 2 unspecified atom stereocenters. The van der Waals surface area contributed by atoms with Crippen molar-refractivity contribution in [3.05, 3.63) is 88.4 Å². The van der Waals surface area contributed by atoms with Crippen LogP contribution in [0.15, 0.2) is 71.6 Å². The van der Waals surface area contributed by atoms with Crippen molar-refractivity contribution in [3.8, 4) is 0 Å². The second kappa shape index (κ2) is 10.3. The summed E-state index contributed by atoms with van der Waals surface area (Å²) in [7, 11) is -4.24. The van der Waals surface area contributed by atoms with Crippen molar-refractivity contribution >= 4 is 44.8 Å². The molecule has 1 aliphatic rings. The van der Waals surface area contributed by atoms with Crippen LogP contribution in [0.1, 0.15) is 23.6 Å². The maximum atomic E-state index is 14.1. The smallest absolute Gasteiger partial charge is 0.265 e. The van der Waals surface area contributed by atoms with Gasteiger partial charge in [0.15, 0.2) is 0 Å². The largest absolute Gasteiger partial charge is 0.355 e. The monoisotopic (exact) mass is 525 g/mol. The molecule has 3 aromatic rings. The molecule has 1 aliphatic heterocycles. The second-order valence-corrected chi connectivity index (χ2v) is 11.1. The van der Waals surface area contributed by atoms with Gasteiger partial charge in [-0.1, -0.05) is 61.0 Å². The van der Waals surface area contributed by atoms with E-state index in [-0.39, 0.29) is 4.90 Å². The molecule has 188 valence electrons. The van der Waals surface area contributed by atoms with Crippen molar-refractivity contribution in [1.82, 2.24) is 5.32 Å². The highest BCUT2D eigenvalue weighted by molar-refractivity contribution is 7.93. The number of hydrogen-bond acceptors (Lipinski definition) is 4. The van der Waals surface area contributed by atoms with Gasteiger partial charge in [0.1, 0.15) is 6.04 Å². The van der Waals surface area contributed by atoms with E-state index in [1.807, 2.05) is 30.3 Å². The standard InChI is InChI=1S/C27H28ClN3O4S/c1-17-16-24(18(2)15-21(17)28)36(34,35)31-23-12-8-7-11-22(23)30-27(33)25(31)19(3)26(32)29-14-13-20-9-5-4-6-10-20/h4-12,15-16,19,25H,13-14H2,1-3H3,(H,29,32)(H,30,33). The normalized spacial score (nSPS) is 16.2. The zero-order chi connectivity index (χ0) is 26.0. The third-order valence-corrected chi connectivity index (χ3v) is 8.70. The Bertz CT molecular complexity index is 1410. The van der Waals surface area contributed by atoms with Gasteiger partial charge in [0.2, 0.25) is 11.8 Å². The van der Waals surface area contributed by atoms with E-state index >= 15 is 0 Å². The molecule has 4 rings (SSSR count). The van der Waals surface area contributed by atoms with Gasteiger partial charge in [0.25, 0.3) is 10.0 Å². The van der Waals surface area contributed by atoms with Crippen molar-refractivity contribution in [3.63, 3.8) is 0 Å². The number of amides is 2. The molecule has 0 saturated carbocycles. The summed E-state index contributed by atoms with van der Waals surface area (Å²) in [6.07, 6.45) is 0.615. The molecule has 0 aromatic heterocycles. The van der Waals surface area contributed by atoms with Crippen molar-refractivity contribution in [2.75, 3.05) is 16.2 Å². The molecule has 0 bridgehead atoms. The zero-order valence-corrected chi connectivity index (χ0v) is 21.9. The summed E-state index contributed by atoms with van der Waals surface area (Å²) >= 11 is 6.21. The number of para-hydroxylation sites is 2. The SMILES string of the molecule is Cc1cc(S(=O)(=O)N2c3ccccc3NC(=O)C2C(C)C(=O)NCCc2ccccc2)c(C)cc1Cl. The van der Waals surface area contributed by atoms with Crippen LogP contribution in [0, 0.1) is 19.8 Å². The molecule has 0 saturated heterocycles. The van der Waals surface area contributed by atoms with Crippen molar-refractivity contribution in [1.29, 1.82) is 0 Å². The Labute approximate surface area is 216 Å². The second-order valence-electron chi connectivity index (χ2n) is 8.93. The number of aryl methyl sites for hydroxylation is 2. The molecule has 1 heterocycles. The van der Waals surface area contributed by atoms with Crippen LogP contribution >= 0.6 is 11.6 Å². The van der Waals surface area contributed by atoms with E-state index in [0.717, 1.165) is 9.87 Å². The Morgan fingerprint density at radius 2 is 1.72 bits per heavy atom. The van der Waals surface area contributed by atoms with E-state index < -0.39 is 33.8 Å². The third kappa shape index (κ3) is 4.96. The average molecular weight is 526 g/mol. The maximum absolute atomic E-state index is 14.1. The summed E-state index contributed by atoms with van der Waals surface area (Å²) < 4.78 is 29.3. The maximum Gasteiger partial charge on any atom is 0.265 e. The van der Waals surface area contributed by atoms with Gasteiger partial charge in [-0.3, -0.25) is 13.9 Å². The van der Waals surface area contributed by atoms with Gasteiger partial charge in [0.05, 0.1) is 22.2 Å². The van der Waals surface area contributed by atoms with Gasteiger partial charge in [-0.2, -0.15) is 0 Å². The Morgan fingerprint density at radius 3 is 2.44 bits per heavy atom. The number of fused-ring (bicyclic) bond motifs is 1. The summed E-state index contributed by atoms with van der Waals surface area (Å²) in [6, 6.07) is 18.2. The Morgan fingerprint density at radius 1 is 1.06 bits per heavy atom. The predicted molar refractivity (Wildman–Crippen MR) is 142 cm³/mol. The molecule has 3 aromatic carbocycles. The van der Waals surface area contributed by atoms with Crippen molar-refractivity contribution in [2.24, 2.45) is 5.92 Å². The molecule has 2 amide bonds. The summed E-state index contributed by atoms with van der Waals surface area (Å²) in [4.78, 5) is 26.4. The lowest BCUT2D eigenvalue weighted by atomic mass is 9.97. The molecule has 9 heteroatoms. The van der Waals surface area contributed by atoms with Crippen LogP contribution in [0.4, 0.5) is 11.4 Å². The fourth-order valence-corrected chi connectivity index (χ4v) is 6.58. The van der Waals surface area contributed by atoms with Gasteiger partial charge >= 0.3 is 0 Å². The Kier molecular flexibility index (Phi) is 7.38. The van der Waals surface area contributed by atoms with E-state index in [2.05, 4.69) is 10.6 Å². The van der Waals surface area contributed by atoms with Crippen LogP contribution in [-0.2, 0) is 26.0 Å². The minimum absolute atomic E-state index is 0.0376. The lowest BCUT2D eigenvalue weighted by Crippen LogP contribution is -2.57. The zero-order valence-electron chi connectivity index (χ0n) is 20.3. The summed E-state index contributed by atoms with van der Waals surface area (Å²) in [5, 5.41) is 6.07. The van der Waals surface area contributed by atoms with Gasteiger partial charge in [-0.05, 0) is 61.2 Å². The summed E-state index contributed by atoms with van der Waals surface area (Å²) in [6.45, 7) is 5.31. The van der Waals surface area contributed by atoms with Crippen LogP contribution in [-0.4, -0.2) is 32.8 Å². The van der Waals surface area contributed by atoms with Crippen LogP contribution in [0.5, 0.6) is 0 Å². The molecular formula is C27H28ClN3O4S. The first kappa shape index (κ1) is 25.7. The molecule has 36 heavy (non-hydrogen) atoms. The van der Waals surface area contributed by atoms with E-state index in [0.29, 0.717) is 40.5 Å². The third-order valence-electron chi connectivity index (χ3n) is 6.36. The Balaban J connectivity index is 1.70. The number of hydrogen-bond donors (Lipinski definition) is 2. The fourth-order valence-electron chi connectivity index (χ4n) is 4.36. The van der Waals surface area contributed by atoms with Crippen molar-refractivity contribution < 1.29 is 18.0 Å². The topological polar surface area (TPSA) is 95.6 Å². The summed E-state index contributed by atoms with van der Waals surface area (Å²) in [5.41, 5.74) is 2.78. The van der Waals surface area contributed by atoms with Crippen LogP contribution < -0.4 is 14.9 Å². The molecule has 2 N–H and O–H groups in total. The number of rotatable bonds is 7. The lowest BCUT2D eigenvalue weighted by Gasteiger charge is -2.39. The first-order valence-corrected chi connectivity index (χ1v) is 13.5. The first-order chi connectivity index (χ1) is 17.1. The van der Waals surface area contributed by atoms with E-state index in [4.69, 9.17) is 11.6 Å². The number of nitrogens with zero attached hydrogens (tertiary/aromatic N) is 1. The van der Waals surface area contributed by atoms with Crippen LogP contribution in [0.3, 0.4) is 0 Å². The molecule has 0 radical (unpaired) electrons. The van der Waals surface area contributed by atoms with E-state index in [1.54, 1.807) is 51.1 Å². The Hall–Kier alpha value is -3.36. The highest BCUT2D eigenvalue weighted by Gasteiger charge is 2.46. The highest BCUT2D eigenvalue weighted by Crippen LogP contribution is 2.39. The average Bonchev–Trinajstić information content (AvgIpc) is 2.85. The van der Waals surface area contributed by atoms with Gasteiger partial charge < -0.3 is 10.6 Å². The van der Waals surface area contributed by atoms with Gasteiger partial charge in [-0.15, -0.1) is 0 Å². The molecule has 0 spiro atoms. The quantitative estimate of drug-likeness (QED) is 0.476. The van der Waals surface area contributed by atoms with Gasteiger partial charge in [0, 0.05) is 11.6 Å². The number of nitrogens with one attached hydrogen (secondary N) is 2. The molecule has 0 aliphatic carbocycles. The molecular weight excluding hydrogens is 498 g/mol. The van der Waals surface area contributed by atoms with Gasteiger partial charge in [-0.25, -0.2) is 8.42 Å². The number of sulfonamides is 1. The van der Waals surface area contributed by atoms with Crippen LogP contribution in [0.25, 0.3) is 0 Å².